The number of amides is 1. The first-order valence-corrected chi connectivity index (χ1v) is 10.3. The Morgan fingerprint density at radius 3 is 2.58 bits per heavy atom. The van der Waals surface area contributed by atoms with E-state index in [1.165, 1.54) is 32.1 Å². The zero-order valence-corrected chi connectivity index (χ0v) is 16.1. The Hall–Kier alpha value is -1.56. The highest BCUT2D eigenvalue weighted by atomic mass is 16.6. The van der Waals surface area contributed by atoms with E-state index in [2.05, 4.69) is 29.9 Å². The first-order chi connectivity index (χ1) is 12.6. The molecule has 3 heterocycles. The Labute approximate surface area is 156 Å². The van der Waals surface area contributed by atoms with Gasteiger partial charge in [-0.2, -0.15) is 5.10 Å². The minimum atomic E-state index is -0.165. The summed E-state index contributed by atoms with van der Waals surface area (Å²) in [5, 5.41) is 8.27. The van der Waals surface area contributed by atoms with E-state index in [1.54, 1.807) is 0 Å². The fraction of sp³-hybridized carbons (Fsp3) is 0.800. The second-order valence-electron chi connectivity index (χ2n) is 8.59. The lowest BCUT2D eigenvalue weighted by Gasteiger charge is -2.24. The molecule has 4 rings (SSSR count). The van der Waals surface area contributed by atoms with Crippen LogP contribution in [0.25, 0.3) is 0 Å². The standard InChI is InChI=1S/C20H32N4O2/c1-14(2)19-8-18(24(22-19)17-6-4-3-5-7-17)13-26-20(25)23-11-15-9-21-10-16(15)12-23/h8,14-17,21H,3-7,9-13H2,1-2H3. The third-order valence-electron chi connectivity index (χ3n) is 6.34. The average molecular weight is 361 g/mol. The number of ether oxygens (including phenoxy) is 1. The number of aromatic nitrogens is 2. The number of carbonyl (C=O) groups is 1. The van der Waals surface area contributed by atoms with Crippen LogP contribution in [-0.4, -0.2) is 47.0 Å². The van der Waals surface area contributed by atoms with E-state index in [4.69, 9.17) is 9.84 Å². The van der Waals surface area contributed by atoms with Crippen LogP contribution in [0, 0.1) is 11.8 Å². The molecule has 2 aliphatic heterocycles. The van der Waals surface area contributed by atoms with E-state index in [-0.39, 0.29) is 6.09 Å². The fourth-order valence-corrected chi connectivity index (χ4v) is 4.72. The molecule has 0 aromatic carbocycles. The summed E-state index contributed by atoms with van der Waals surface area (Å²) in [6.45, 7) is 8.38. The van der Waals surface area contributed by atoms with Gasteiger partial charge < -0.3 is 15.0 Å². The zero-order valence-electron chi connectivity index (χ0n) is 16.1. The number of hydrogen-bond acceptors (Lipinski definition) is 4. The monoisotopic (exact) mass is 360 g/mol. The van der Waals surface area contributed by atoms with Gasteiger partial charge in [-0.05, 0) is 36.7 Å². The highest BCUT2D eigenvalue weighted by Gasteiger charge is 2.38. The van der Waals surface area contributed by atoms with E-state index in [0.717, 1.165) is 37.6 Å². The molecule has 3 fully saturated rings. The van der Waals surface area contributed by atoms with Crippen LogP contribution in [0.15, 0.2) is 6.07 Å². The summed E-state index contributed by atoms with van der Waals surface area (Å²) in [5.74, 6) is 1.59. The van der Waals surface area contributed by atoms with Crippen molar-refractivity contribution < 1.29 is 9.53 Å². The van der Waals surface area contributed by atoms with Crippen molar-refractivity contribution in [3.8, 4) is 0 Å². The van der Waals surface area contributed by atoms with E-state index < -0.39 is 0 Å². The molecular formula is C20H32N4O2. The predicted molar refractivity (Wildman–Crippen MR) is 100 cm³/mol. The minimum absolute atomic E-state index is 0.165. The number of fused-ring (bicyclic) bond motifs is 1. The molecular weight excluding hydrogens is 328 g/mol. The quantitative estimate of drug-likeness (QED) is 0.895. The summed E-state index contributed by atoms with van der Waals surface area (Å²) in [7, 11) is 0. The maximum atomic E-state index is 12.5. The smallest absolute Gasteiger partial charge is 0.410 e. The van der Waals surface area contributed by atoms with Crippen molar-refractivity contribution in [2.75, 3.05) is 26.2 Å². The number of hydrogen-bond donors (Lipinski definition) is 1. The van der Waals surface area contributed by atoms with Gasteiger partial charge in [0.1, 0.15) is 6.61 Å². The first-order valence-electron chi connectivity index (χ1n) is 10.3. The number of rotatable bonds is 4. The largest absolute Gasteiger partial charge is 0.443 e. The first kappa shape index (κ1) is 17.8. The van der Waals surface area contributed by atoms with Crippen LogP contribution in [0.2, 0.25) is 0 Å². The molecule has 26 heavy (non-hydrogen) atoms. The Kier molecular flexibility index (Phi) is 5.20. The Morgan fingerprint density at radius 1 is 1.23 bits per heavy atom. The average Bonchev–Trinajstić information content (AvgIpc) is 3.34. The lowest BCUT2D eigenvalue weighted by molar-refractivity contribution is 0.0980. The van der Waals surface area contributed by atoms with Crippen LogP contribution in [0.5, 0.6) is 0 Å². The van der Waals surface area contributed by atoms with Gasteiger partial charge in [0, 0.05) is 26.2 Å². The minimum Gasteiger partial charge on any atom is -0.443 e. The van der Waals surface area contributed by atoms with Crippen LogP contribution in [0.3, 0.4) is 0 Å². The molecule has 2 atom stereocenters. The van der Waals surface area contributed by atoms with Gasteiger partial charge in [0.25, 0.3) is 0 Å². The van der Waals surface area contributed by atoms with Gasteiger partial charge in [0.15, 0.2) is 0 Å². The van der Waals surface area contributed by atoms with Crippen molar-refractivity contribution in [3.05, 3.63) is 17.5 Å². The summed E-state index contributed by atoms with van der Waals surface area (Å²) in [4.78, 5) is 14.4. The van der Waals surface area contributed by atoms with Gasteiger partial charge in [-0.15, -0.1) is 0 Å². The normalized spacial score (nSPS) is 26.5. The fourth-order valence-electron chi connectivity index (χ4n) is 4.72. The molecule has 0 bridgehead atoms. The SMILES string of the molecule is CC(C)c1cc(COC(=O)N2CC3CNCC3C2)n(C2CCCCC2)n1. The molecule has 6 heteroatoms. The van der Waals surface area contributed by atoms with Gasteiger partial charge in [-0.3, -0.25) is 4.68 Å². The molecule has 0 radical (unpaired) electrons. The molecule has 1 N–H and O–H groups in total. The summed E-state index contributed by atoms with van der Waals surface area (Å²) < 4.78 is 7.86. The van der Waals surface area contributed by atoms with Gasteiger partial charge in [-0.1, -0.05) is 33.1 Å². The zero-order chi connectivity index (χ0) is 18.1. The van der Waals surface area contributed by atoms with Gasteiger partial charge >= 0.3 is 6.09 Å². The molecule has 1 aromatic rings. The van der Waals surface area contributed by atoms with E-state index in [0.29, 0.717) is 30.4 Å². The maximum absolute atomic E-state index is 12.5. The summed E-state index contributed by atoms with van der Waals surface area (Å²) >= 11 is 0. The van der Waals surface area contributed by atoms with Crippen molar-refractivity contribution in [1.29, 1.82) is 0 Å². The van der Waals surface area contributed by atoms with Crippen molar-refractivity contribution in [1.82, 2.24) is 20.0 Å². The molecule has 1 amide bonds. The van der Waals surface area contributed by atoms with Gasteiger partial charge in [0.05, 0.1) is 17.4 Å². The van der Waals surface area contributed by atoms with Crippen molar-refractivity contribution in [2.24, 2.45) is 11.8 Å². The molecule has 1 saturated carbocycles. The lowest BCUT2D eigenvalue weighted by atomic mass is 9.95. The molecule has 2 unspecified atom stereocenters. The third kappa shape index (κ3) is 3.61. The predicted octanol–water partition coefficient (Wildman–Crippen LogP) is 3.30. The highest BCUT2D eigenvalue weighted by molar-refractivity contribution is 5.68. The van der Waals surface area contributed by atoms with Crippen molar-refractivity contribution in [3.63, 3.8) is 0 Å². The van der Waals surface area contributed by atoms with E-state index >= 15 is 0 Å². The maximum Gasteiger partial charge on any atom is 0.410 e. The van der Waals surface area contributed by atoms with Crippen LogP contribution in [-0.2, 0) is 11.3 Å². The molecule has 144 valence electrons. The van der Waals surface area contributed by atoms with Gasteiger partial charge in [0.2, 0.25) is 0 Å². The number of carbonyl (C=O) groups excluding carboxylic acids is 1. The Morgan fingerprint density at radius 2 is 1.92 bits per heavy atom. The Bertz CT molecular complexity index is 624. The highest BCUT2D eigenvalue weighted by Crippen LogP contribution is 2.31. The molecule has 3 aliphatic rings. The molecule has 1 aromatic heterocycles. The molecule has 0 spiro atoms. The number of likely N-dealkylation sites (tertiary alicyclic amines) is 1. The lowest BCUT2D eigenvalue weighted by Crippen LogP contribution is -2.32. The van der Waals surface area contributed by atoms with Crippen LogP contribution < -0.4 is 5.32 Å². The molecule has 1 aliphatic carbocycles. The summed E-state index contributed by atoms with van der Waals surface area (Å²) in [6.07, 6.45) is 6.06. The van der Waals surface area contributed by atoms with Crippen LogP contribution in [0.4, 0.5) is 4.79 Å². The van der Waals surface area contributed by atoms with Crippen LogP contribution in [0.1, 0.15) is 69.3 Å². The summed E-state index contributed by atoms with van der Waals surface area (Å²) in [6, 6.07) is 2.59. The summed E-state index contributed by atoms with van der Waals surface area (Å²) in [5.41, 5.74) is 2.15. The topological polar surface area (TPSA) is 59.4 Å². The van der Waals surface area contributed by atoms with Crippen molar-refractivity contribution >= 4 is 6.09 Å². The molecule has 2 saturated heterocycles. The van der Waals surface area contributed by atoms with E-state index in [1.807, 2.05) is 4.90 Å². The Balaban J connectivity index is 1.41. The van der Waals surface area contributed by atoms with Gasteiger partial charge in [-0.25, -0.2) is 4.79 Å². The van der Waals surface area contributed by atoms with E-state index in [9.17, 15) is 4.79 Å². The van der Waals surface area contributed by atoms with Crippen molar-refractivity contribution in [2.45, 2.75) is 64.5 Å². The number of nitrogens with zero attached hydrogens (tertiary/aromatic N) is 3. The number of nitrogens with one attached hydrogen (secondary N) is 1. The molecule has 6 nitrogen and oxygen atoms in total. The van der Waals surface area contributed by atoms with Crippen LogP contribution >= 0.6 is 0 Å². The second-order valence-corrected chi connectivity index (χ2v) is 8.59. The second kappa shape index (κ2) is 7.59. The third-order valence-corrected chi connectivity index (χ3v) is 6.34.